The molecule has 2 aromatic carbocycles. The van der Waals surface area contributed by atoms with Crippen LogP contribution in [0.25, 0.3) is 0 Å². The highest BCUT2D eigenvalue weighted by molar-refractivity contribution is 7.80. The summed E-state index contributed by atoms with van der Waals surface area (Å²) in [5.41, 5.74) is 2.70. The molecule has 2 N–H and O–H groups in total. The zero-order chi connectivity index (χ0) is 22.5. The van der Waals surface area contributed by atoms with E-state index >= 15 is 0 Å². The maximum Gasteiger partial charge on any atom is 0.338 e. The van der Waals surface area contributed by atoms with E-state index in [0.29, 0.717) is 37.9 Å². The maximum absolute atomic E-state index is 12.6. The average molecular weight is 481 g/mol. The quantitative estimate of drug-likeness (QED) is 0.429. The van der Waals surface area contributed by atoms with Crippen LogP contribution in [0, 0.1) is 0 Å². The van der Waals surface area contributed by atoms with E-state index in [1.54, 1.807) is 39.2 Å². The molecule has 0 fully saturated rings. The molecule has 6 nitrogen and oxygen atoms in total. The van der Waals surface area contributed by atoms with Gasteiger partial charge in [-0.15, -0.1) is 0 Å². The summed E-state index contributed by atoms with van der Waals surface area (Å²) in [4.78, 5) is 12.6. The molecular formula is C22H22Cl2N2O4S. The number of methoxy groups -OCH3 is 1. The van der Waals surface area contributed by atoms with E-state index in [1.807, 2.05) is 18.2 Å². The highest BCUT2D eigenvalue weighted by Crippen LogP contribution is 2.33. The summed E-state index contributed by atoms with van der Waals surface area (Å²) in [6.45, 7) is 4.03. The number of esters is 1. The van der Waals surface area contributed by atoms with Crippen molar-refractivity contribution in [3.8, 4) is 11.5 Å². The van der Waals surface area contributed by atoms with Crippen LogP contribution < -0.4 is 20.1 Å². The number of nitrogens with one attached hydrogen (secondary N) is 2. The van der Waals surface area contributed by atoms with Crippen LogP contribution in [0.3, 0.4) is 0 Å². The first kappa shape index (κ1) is 23.2. The predicted molar refractivity (Wildman–Crippen MR) is 125 cm³/mol. The molecule has 1 heterocycles. The number of benzene rings is 2. The Labute approximate surface area is 196 Å². The highest BCUT2D eigenvalue weighted by atomic mass is 35.5. The molecule has 2 aromatic rings. The van der Waals surface area contributed by atoms with Crippen molar-refractivity contribution in [3.63, 3.8) is 0 Å². The van der Waals surface area contributed by atoms with Crippen LogP contribution in [0.5, 0.6) is 11.5 Å². The molecule has 1 aliphatic heterocycles. The second-order valence-corrected chi connectivity index (χ2v) is 7.98. The van der Waals surface area contributed by atoms with Gasteiger partial charge in [0.2, 0.25) is 0 Å². The minimum atomic E-state index is -0.475. The molecule has 0 amide bonds. The summed E-state index contributed by atoms with van der Waals surface area (Å²) in [5, 5.41) is 7.51. The molecule has 0 spiro atoms. The SMILES string of the molecule is CCOC(=O)C1=C(C)NC(=S)N[C@@H]1c1ccc(OC)c(COc2ccc(Cl)cc2Cl)c1. The fourth-order valence-electron chi connectivity index (χ4n) is 3.26. The number of rotatable bonds is 7. The lowest BCUT2D eigenvalue weighted by atomic mass is 9.94. The Kier molecular flexibility index (Phi) is 7.64. The summed E-state index contributed by atoms with van der Waals surface area (Å²) in [6, 6.07) is 10.1. The summed E-state index contributed by atoms with van der Waals surface area (Å²) in [7, 11) is 1.58. The van der Waals surface area contributed by atoms with Crippen molar-refractivity contribution >= 4 is 46.5 Å². The number of carbonyl (C=O) groups is 1. The van der Waals surface area contributed by atoms with Crippen molar-refractivity contribution in [2.75, 3.05) is 13.7 Å². The molecule has 0 aromatic heterocycles. The molecule has 0 aliphatic carbocycles. The maximum atomic E-state index is 12.6. The summed E-state index contributed by atoms with van der Waals surface area (Å²) < 4.78 is 16.6. The molecule has 1 atom stereocenters. The number of carbonyl (C=O) groups excluding carboxylic acids is 1. The lowest BCUT2D eigenvalue weighted by Gasteiger charge is -2.30. The van der Waals surface area contributed by atoms with Crippen LogP contribution in [0.1, 0.15) is 31.0 Å². The molecule has 3 rings (SSSR count). The van der Waals surface area contributed by atoms with Gasteiger partial charge in [-0.2, -0.15) is 0 Å². The third kappa shape index (κ3) is 5.42. The molecule has 0 bridgehead atoms. The van der Waals surface area contributed by atoms with Gasteiger partial charge in [-0.05, 0) is 62.0 Å². The number of hydrogen-bond donors (Lipinski definition) is 2. The fraction of sp³-hybridized carbons (Fsp3) is 0.273. The van der Waals surface area contributed by atoms with E-state index in [9.17, 15) is 4.79 Å². The molecular weight excluding hydrogens is 459 g/mol. The third-order valence-corrected chi connectivity index (χ3v) is 5.43. The summed E-state index contributed by atoms with van der Waals surface area (Å²) in [6.07, 6.45) is 0. The summed E-state index contributed by atoms with van der Waals surface area (Å²) >= 11 is 17.5. The van der Waals surface area contributed by atoms with Crippen LogP contribution in [0.2, 0.25) is 10.0 Å². The molecule has 164 valence electrons. The van der Waals surface area contributed by atoms with E-state index in [1.165, 1.54) is 0 Å². The Morgan fingerprint density at radius 3 is 2.58 bits per heavy atom. The van der Waals surface area contributed by atoms with Gasteiger partial charge in [0.1, 0.15) is 18.1 Å². The van der Waals surface area contributed by atoms with Crippen molar-refractivity contribution in [2.45, 2.75) is 26.5 Å². The topological polar surface area (TPSA) is 68.8 Å². The van der Waals surface area contributed by atoms with Gasteiger partial charge in [-0.1, -0.05) is 29.3 Å². The first-order valence-corrected chi connectivity index (χ1v) is 10.7. The Morgan fingerprint density at radius 2 is 1.90 bits per heavy atom. The normalized spacial score (nSPS) is 15.8. The van der Waals surface area contributed by atoms with Gasteiger partial charge >= 0.3 is 5.97 Å². The Balaban J connectivity index is 1.93. The lowest BCUT2D eigenvalue weighted by molar-refractivity contribution is -0.139. The van der Waals surface area contributed by atoms with Gasteiger partial charge < -0.3 is 24.8 Å². The fourth-order valence-corrected chi connectivity index (χ4v) is 4.00. The van der Waals surface area contributed by atoms with E-state index in [4.69, 9.17) is 49.6 Å². The van der Waals surface area contributed by atoms with Gasteiger partial charge in [0, 0.05) is 16.3 Å². The van der Waals surface area contributed by atoms with Crippen molar-refractivity contribution in [3.05, 3.63) is 68.8 Å². The number of hydrogen-bond acceptors (Lipinski definition) is 5. The second kappa shape index (κ2) is 10.2. The smallest absolute Gasteiger partial charge is 0.338 e. The van der Waals surface area contributed by atoms with Gasteiger partial charge in [-0.25, -0.2) is 4.79 Å². The predicted octanol–water partition coefficient (Wildman–Crippen LogP) is 4.94. The zero-order valence-electron chi connectivity index (χ0n) is 17.3. The van der Waals surface area contributed by atoms with Crippen molar-refractivity contribution in [1.29, 1.82) is 0 Å². The van der Waals surface area contributed by atoms with Crippen LogP contribution in [-0.2, 0) is 16.1 Å². The highest BCUT2D eigenvalue weighted by Gasteiger charge is 2.31. The molecule has 0 saturated carbocycles. The van der Waals surface area contributed by atoms with E-state index < -0.39 is 12.0 Å². The first-order chi connectivity index (χ1) is 14.8. The van der Waals surface area contributed by atoms with Gasteiger partial charge in [0.25, 0.3) is 0 Å². The number of allylic oxidation sites excluding steroid dienone is 1. The molecule has 1 aliphatic rings. The standard InChI is InChI=1S/C22H22Cl2N2O4S/c1-4-29-21(27)19-12(2)25-22(31)26-20(19)13-5-7-17(28-3)14(9-13)11-30-18-8-6-15(23)10-16(18)24/h5-10,20H,4,11H2,1-3H3,(H2,25,26,31)/t20-/m1/s1. The van der Waals surface area contributed by atoms with Crippen molar-refractivity contribution < 1.29 is 19.0 Å². The third-order valence-electron chi connectivity index (χ3n) is 4.68. The minimum Gasteiger partial charge on any atom is -0.496 e. The number of halogens is 2. The van der Waals surface area contributed by atoms with Crippen LogP contribution in [0.4, 0.5) is 0 Å². The van der Waals surface area contributed by atoms with E-state index in [2.05, 4.69) is 10.6 Å². The molecule has 9 heteroatoms. The monoisotopic (exact) mass is 480 g/mol. The minimum absolute atomic E-state index is 0.200. The van der Waals surface area contributed by atoms with Crippen molar-refractivity contribution in [1.82, 2.24) is 10.6 Å². The molecule has 0 radical (unpaired) electrons. The summed E-state index contributed by atoms with van der Waals surface area (Å²) in [5.74, 6) is 0.737. The largest absolute Gasteiger partial charge is 0.496 e. The Bertz CT molecular complexity index is 1040. The van der Waals surface area contributed by atoms with Crippen LogP contribution in [-0.4, -0.2) is 24.8 Å². The van der Waals surface area contributed by atoms with E-state index in [0.717, 1.165) is 11.1 Å². The molecule has 0 unspecified atom stereocenters. The number of ether oxygens (including phenoxy) is 3. The van der Waals surface area contributed by atoms with Crippen LogP contribution >= 0.6 is 35.4 Å². The van der Waals surface area contributed by atoms with Crippen LogP contribution in [0.15, 0.2) is 47.7 Å². The first-order valence-electron chi connectivity index (χ1n) is 9.54. The average Bonchev–Trinajstić information content (AvgIpc) is 2.72. The molecule has 0 saturated heterocycles. The van der Waals surface area contributed by atoms with E-state index in [-0.39, 0.29) is 13.2 Å². The van der Waals surface area contributed by atoms with Crippen molar-refractivity contribution in [2.24, 2.45) is 0 Å². The Hall–Kier alpha value is -2.48. The van der Waals surface area contributed by atoms with Gasteiger partial charge in [-0.3, -0.25) is 0 Å². The Morgan fingerprint density at radius 1 is 1.16 bits per heavy atom. The second-order valence-electron chi connectivity index (χ2n) is 6.73. The van der Waals surface area contributed by atoms with Gasteiger partial charge in [0.15, 0.2) is 5.11 Å². The zero-order valence-corrected chi connectivity index (χ0v) is 19.6. The lowest BCUT2D eigenvalue weighted by Crippen LogP contribution is -2.45. The molecule has 31 heavy (non-hydrogen) atoms. The number of thiocarbonyl (C=S) groups is 1. The van der Waals surface area contributed by atoms with Gasteiger partial charge in [0.05, 0.1) is 30.4 Å².